The van der Waals surface area contributed by atoms with Crippen molar-refractivity contribution in [2.75, 3.05) is 10.6 Å². The molecule has 1 amide bonds. The zero-order valence-corrected chi connectivity index (χ0v) is 16.3. The molecule has 6 nitrogen and oxygen atoms in total. The number of amides is 1. The van der Waals surface area contributed by atoms with E-state index in [1.807, 2.05) is 32.0 Å². The van der Waals surface area contributed by atoms with E-state index in [0.717, 1.165) is 5.56 Å². The minimum Gasteiger partial charge on any atom is -0.489 e. The highest BCUT2D eigenvalue weighted by molar-refractivity contribution is 6.04. The Morgan fingerprint density at radius 2 is 1.82 bits per heavy atom. The molecule has 144 valence electrons. The first-order chi connectivity index (χ1) is 13.5. The van der Waals surface area contributed by atoms with Crippen molar-refractivity contribution in [2.24, 2.45) is 0 Å². The van der Waals surface area contributed by atoms with Gasteiger partial charge < -0.3 is 15.4 Å². The highest BCUT2D eigenvalue weighted by atomic mass is 16.5. The van der Waals surface area contributed by atoms with E-state index in [0.29, 0.717) is 23.8 Å². The van der Waals surface area contributed by atoms with E-state index in [1.54, 1.807) is 12.1 Å². The summed E-state index contributed by atoms with van der Waals surface area (Å²) in [5.74, 6) is 0.894. The molecule has 3 aromatic rings. The third-order valence-electron chi connectivity index (χ3n) is 3.99. The molecule has 0 saturated heterocycles. The van der Waals surface area contributed by atoms with Crippen molar-refractivity contribution < 1.29 is 9.53 Å². The average Bonchev–Trinajstić information content (AvgIpc) is 2.69. The molecule has 6 heteroatoms. The van der Waals surface area contributed by atoms with Crippen molar-refractivity contribution in [1.82, 2.24) is 9.97 Å². The normalized spacial score (nSPS) is 10.6. The van der Waals surface area contributed by atoms with Gasteiger partial charge in [0, 0.05) is 12.6 Å². The number of carbonyl (C=O) groups excluding carboxylic acids is 1. The van der Waals surface area contributed by atoms with E-state index in [9.17, 15) is 4.79 Å². The summed E-state index contributed by atoms with van der Waals surface area (Å²) >= 11 is 0. The molecule has 0 bridgehead atoms. The Hall–Kier alpha value is -3.41. The molecule has 0 unspecified atom stereocenters. The smallest absolute Gasteiger partial charge is 0.274 e. The Morgan fingerprint density at radius 3 is 2.57 bits per heavy atom. The molecule has 0 fully saturated rings. The summed E-state index contributed by atoms with van der Waals surface area (Å²) in [7, 11) is 0. The van der Waals surface area contributed by atoms with Gasteiger partial charge in [-0.3, -0.25) is 4.79 Å². The van der Waals surface area contributed by atoms with Gasteiger partial charge in [-0.1, -0.05) is 42.0 Å². The highest BCUT2D eigenvalue weighted by Crippen LogP contribution is 2.25. The quantitative estimate of drug-likeness (QED) is 0.638. The van der Waals surface area contributed by atoms with E-state index in [2.05, 4.69) is 51.8 Å². The predicted octanol–water partition coefficient (Wildman–Crippen LogP) is 4.44. The Kier molecular flexibility index (Phi) is 6.22. The largest absolute Gasteiger partial charge is 0.489 e. The SMILES string of the molecule is Cc1ccc(CNc2cc(C(=O)Nc3ccccc3OC(C)C)ncn2)cc1. The van der Waals surface area contributed by atoms with Crippen LogP contribution in [0.3, 0.4) is 0 Å². The van der Waals surface area contributed by atoms with Gasteiger partial charge in [0.05, 0.1) is 11.8 Å². The summed E-state index contributed by atoms with van der Waals surface area (Å²) in [6.07, 6.45) is 1.39. The first-order valence-electron chi connectivity index (χ1n) is 9.20. The van der Waals surface area contributed by atoms with Gasteiger partial charge in [0.25, 0.3) is 5.91 Å². The number of hydrogen-bond acceptors (Lipinski definition) is 5. The summed E-state index contributed by atoms with van der Waals surface area (Å²) < 4.78 is 5.74. The van der Waals surface area contributed by atoms with Gasteiger partial charge in [-0.2, -0.15) is 0 Å². The molecule has 0 aliphatic rings. The number of rotatable bonds is 7. The topological polar surface area (TPSA) is 76.1 Å². The Balaban J connectivity index is 1.68. The fourth-order valence-electron chi connectivity index (χ4n) is 2.59. The van der Waals surface area contributed by atoms with Crippen molar-refractivity contribution in [3.8, 4) is 5.75 Å². The number of nitrogens with zero attached hydrogens (tertiary/aromatic N) is 2. The van der Waals surface area contributed by atoms with Gasteiger partial charge in [-0.05, 0) is 38.5 Å². The number of benzene rings is 2. The van der Waals surface area contributed by atoms with E-state index in [-0.39, 0.29) is 17.7 Å². The van der Waals surface area contributed by atoms with Gasteiger partial charge in [0.15, 0.2) is 0 Å². The van der Waals surface area contributed by atoms with Gasteiger partial charge >= 0.3 is 0 Å². The monoisotopic (exact) mass is 376 g/mol. The van der Waals surface area contributed by atoms with Crippen LogP contribution in [0.5, 0.6) is 5.75 Å². The van der Waals surface area contributed by atoms with Crippen LogP contribution in [0.2, 0.25) is 0 Å². The Bertz CT molecular complexity index is 939. The first kappa shape index (κ1) is 19.4. The molecule has 1 heterocycles. The van der Waals surface area contributed by atoms with Gasteiger partial charge in [0.2, 0.25) is 0 Å². The van der Waals surface area contributed by atoms with Crippen molar-refractivity contribution in [1.29, 1.82) is 0 Å². The lowest BCUT2D eigenvalue weighted by atomic mass is 10.1. The maximum Gasteiger partial charge on any atom is 0.274 e. The maximum absolute atomic E-state index is 12.6. The fourth-order valence-corrected chi connectivity index (χ4v) is 2.59. The van der Waals surface area contributed by atoms with Gasteiger partial charge in [-0.25, -0.2) is 9.97 Å². The van der Waals surface area contributed by atoms with Crippen LogP contribution in [0, 0.1) is 6.92 Å². The number of hydrogen-bond donors (Lipinski definition) is 2. The Labute approximate surface area is 165 Å². The molecule has 28 heavy (non-hydrogen) atoms. The lowest BCUT2D eigenvalue weighted by molar-refractivity contribution is 0.102. The number of carbonyl (C=O) groups is 1. The minimum atomic E-state index is -0.319. The van der Waals surface area contributed by atoms with Crippen LogP contribution in [0.15, 0.2) is 60.9 Å². The molecular weight excluding hydrogens is 352 g/mol. The minimum absolute atomic E-state index is 0.00896. The van der Waals surface area contributed by atoms with Crippen molar-refractivity contribution >= 4 is 17.4 Å². The van der Waals surface area contributed by atoms with Crippen molar-refractivity contribution in [3.05, 3.63) is 77.7 Å². The number of para-hydroxylation sites is 2. The summed E-state index contributed by atoms with van der Waals surface area (Å²) in [6, 6.07) is 17.2. The van der Waals surface area contributed by atoms with E-state index in [1.165, 1.54) is 11.9 Å². The number of aromatic nitrogens is 2. The van der Waals surface area contributed by atoms with Crippen LogP contribution in [0.1, 0.15) is 35.5 Å². The molecule has 0 atom stereocenters. The van der Waals surface area contributed by atoms with Crippen LogP contribution in [-0.4, -0.2) is 22.0 Å². The second-order valence-electron chi connectivity index (χ2n) is 6.74. The van der Waals surface area contributed by atoms with Crippen LogP contribution in [-0.2, 0) is 6.54 Å². The molecule has 0 radical (unpaired) electrons. The number of nitrogens with one attached hydrogen (secondary N) is 2. The molecule has 0 saturated carbocycles. The molecule has 2 N–H and O–H groups in total. The molecule has 3 rings (SSSR count). The zero-order valence-electron chi connectivity index (χ0n) is 16.3. The number of anilines is 2. The van der Waals surface area contributed by atoms with Crippen molar-refractivity contribution in [3.63, 3.8) is 0 Å². The average molecular weight is 376 g/mol. The summed E-state index contributed by atoms with van der Waals surface area (Å²) in [4.78, 5) is 20.9. The lowest BCUT2D eigenvalue weighted by Gasteiger charge is -2.14. The second kappa shape index (κ2) is 8.99. The number of ether oxygens (including phenoxy) is 1. The maximum atomic E-state index is 12.6. The van der Waals surface area contributed by atoms with Gasteiger partial charge in [0.1, 0.15) is 23.6 Å². The van der Waals surface area contributed by atoms with E-state index >= 15 is 0 Å². The standard InChI is InChI=1S/C22H24N4O2/c1-15(2)28-20-7-5-4-6-18(20)26-22(27)19-12-21(25-14-24-19)23-13-17-10-8-16(3)9-11-17/h4-12,14-15H,13H2,1-3H3,(H,26,27)(H,23,24,25). The predicted molar refractivity (Wildman–Crippen MR) is 111 cm³/mol. The van der Waals surface area contributed by atoms with Crippen LogP contribution < -0.4 is 15.4 Å². The van der Waals surface area contributed by atoms with E-state index in [4.69, 9.17) is 4.74 Å². The number of aryl methyl sites for hydroxylation is 1. The molecule has 2 aromatic carbocycles. The van der Waals surface area contributed by atoms with E-state index < -0.39 is 0 Å². The summed E-state index contributed by atoms with van der Waals surface area (Å²) in [5.41, 5.74) is 3.23. The lowest BCUT2D eigenvalue weighted by Crippen LogP contribution is -2.16. The van der Waals surface area contributed by atoms with Crippen LogP contribution in [0.25, 0.3) is 0 Å². The Morgan fingerprint density at radius 1 is 1.07 bits per heavy atom. The second-order valence-corrected chi connectivity index (χ2v) is 6.74. The fraction of sp³-hybridized carbons (Fsp3) is 0.227. The summed E-state index contributed by atoms with van der Waals surface area (Å²) in [5, 5.41) is 6.08. The molecule has 0 aliphatic carbocycles. The third-order valence-corrected chi connectivity index (χ3v) is 3.99. The molecule has 0 spiro atoms. The van der Waals surface area contributed by atoms with Gasteiger partial charge in [-0.15, -0.1) is 0 Å². The highest BCUT2D eigenvalue weighted by Gasteiger charge is 2.12. The summed E-state index contributed by atoms with van der Waals surface area (Å²) in [6.45, 7) is 6.55. The molecule has 0 aliphatic heterocycles. The molecular formula is C22H24N4O2. The zero-order chi connectivity index (χ0) is 19.9. The first-order valence-corrected chi connectivity index (χ1v) is 9.20. The van der Waals surface area contributed by atoms with Crippen molar-refractivity contribution in [2.45, 2.75) is 33.4 Å². The third kappa shape index (κ3) is 5.30. The van der Waals surface area contributed by atoms with Crippen LogP contribution >= 0.6 is 0 Å². The van der Waals surface area contributed by atoms with Crippen LogP contribution in [0.4, 0.5) is 11.5 Å². The molecule has 1 aromatic heterocycles.